The van der Waals surface area contributed by atoms with Crippen molar-refractivity contribution in [3.63, 3.8) is 0 Å². The molecule has 10 heteroatoms. The number of hydrogen-bond donors (Lipinski definition) is 2. The van der Waals surface area contributed by atoms with Crippen molar-refractivity contribution in [2.45, 2.75) is 30.7 Å². The van der Waals surface area contributed by atoms with Crippen LogP contribution in [-0.4, -0.2) is 47.0 Å². The van der Waals surface area contributed by atoms with Gasteiger partial charge in [0.2, 0.25) is 5.95 Å². The molecule has 2 aromatic carbocycles. The minimum Gasteiger partial charge on any atom is -0.382 e. The van der Waals surface area contributed by atoms with Gasteiger partial charge < -0.3 is 16.0 Å². The molecule has 0 spiro atoms. The van der Waals surface area contributed by atoms with Gasteiger partial charge in [-0.1, -0.05) is 24.3 Å². The van der Waals surface area contributed by atoms with Crippen molar-refractivity contribution in [3.05, 3.63) is 64.9 Å². The number of nitrogens with one attached hydrogen (secondary N) is 1. The van der Waals surface area contributed by atoms with E-state index in [9.17, 15) is 22.4 Å². The Morgan fingerprint density at radius 3 is 2.47 bits per heavy atom. The van der Waals surface area contributed by atoms with E-state index in [2.05, 4.69) is 27.2 Å². The first-order valence-electron chi connectivity index (χ1n) is 11.7. The zero-order valence-corrected chi connectivity index (χ0v) is 19.6. The van der Waals surface area contributed by atoms with Crippen molar-refractivity contribution in [1.82, 2.24) is 20.2 Å². The predicted molar refractivity (Wildman–Crippen MR) is 125 cm³/mol. The number of aromatic nitrogens is 2. The van der Waals surface area contributed by atoms with Gasteiger partial charge in [0.1, 0.15) is 17.2 Å². The van der Waals surface area contributed by atoms with Crippen LogP contribution in [0.2, 0.25) is 0 Å². The van der Waals surface area contributed by atoms with Crippen LogP contribution >= 0.6 is 0 Å². The van der Waals surface area contributed by atoms with Crippen LogP contribution in [0.5, 0.6) is 0 Å². The Bertz CT molecular complexity index is 1430. The molecule has 2 fully saturated rings. The van der Waals surface area contributed by atoms with Gasteiger partial charge in [0, 0.05) is 35.2 Å². The first kappa shape index (κ1) is 22.9. The molecule has 2 aliphatic heterocycles. The minimum absolute atomic E-state index is 0.121. The van der Waals surface area contributed by atoms with E-state index in [-0.39, 0.29) is 28.2 Å². The fourth-order valence-corrected chi connectivity index (χ4v) is 5.79. The van der Waals surface area contributed by atoms with E-state index in [1.54, 1.807) is 12.1 Å². The molecule has 6 rings (SSSR count). The molecule has 6 nitrogen and oxygen atoms in total. The minimum atomic E-state index is -3.53. The fourth-order valence-electron chi connectivity index (χ4n) is 5.79. The van der Waals surface area contributed by atoms with Crippen LogP contribution in [-0.2, 0) is 11.3 Å². The van der Waals surface area contributed by atoms with Crippen molar-refractivity contribution in [2.75, 3.05) is 25.9 Å². The number of nitrogen functional groups attached to an aromatic ring is 1. The van der Waals surface area contributed by atoms with Gasteiger partial charge in [-0.25, -0.2) is 9.37 Å². The highest BCUT2D eigenvalue weighted by atomic mass is 19.3. The molecule has 1 saturated heterocycles. The van der Waals surface area contributed by atoms with Gasteiger partial charge in [0.15, 0.2) is 5.82 Å². The topological polar surface area (TPSA) is 84.1 Å². The summed E-state index contributed by atoms with van der Waals surface area (Å²) < 4.78 is 59.4. The summed E-state index contributed by atoms with van der Waals surface area (Å²) in [6.07, 6.45) is 1.13. The summed E-state index contributed by atoms with van der Waals surface area (Å²) in [5.74, 6) is -6.30. The number of alkyl halides is 2. The van der Waals surface area contributed by atoms with Crippen LogP contribution < -0.4 is 11.1 Å². The maximum absolute atomic E-state index is 14.9. The molecule has 186 valence electrons. The normalized spacial score (nSPS) is 26.3. The van der Waals surface area contributed by atoms with Crippen LogP contribution in [0.3, 0.4) is 0 Å². The second kappa shape index (κ2) is 7.49. The Hall–Kier alpha value is -3.53. The van der Waals surface area contributed by atoms with Crippen LogP contribution in [0.25, 0.3) is 22.5 Å². The Morgan fingerprint density at radius 1 is 1.08 bits per heavy atom. The van der Waals surface area contributed by atoms with Crippen LogP contribution in [0.1, 0.15) is 34.8 Å². The molecule has 1 saturated carbocycles. The van der Waals surface area contributed by atoms with E-state index in [4.69, 9.17) is 5.73 Å². The summed E-state index contributed by atoms with van der Waals surface area (Å²) in [5.41, 5.74) is 5.72. The number of likely N-dealkylation sites (tertiary alicyclic amines) is 1. The number of halogens is 4. The highest BCUT2D eigenvalue weighted by Gasteiger charge is 2.59. The number of piperidine rings is 1. The lowest BCUT2D eigenvalue weighted by Crippen LogP contribution is -2.49. The molecule has 3 N–H and O–H groups in total. The number of fused-ring (bicyclic) bond motifs is 2. The van der Waals surface area contributed by atoms with Crippen molar-refractivity contribution in [2.24, 2.45) is 5.92 Å². The second-order valence-electron chi connectivity index (χ2n) is 10.1. The Kier molecular flexibility index (Phi) is 4.76. The third kappa shape index (κ3) is 3.23. The molecule has 3 atom stereocenters. The van der Waals surface area contributed by atoms with Crippen molar-refractivity contribution < 1.29 is 22.4 Å². The molecule has 1 amide bonds. The summed E-state index contributed by atoms with van der Waals surface area (Å²) in [6, 6.07) is 7.72. The number of anilines is 1. The molecule has 0 radical (unpaired) electrons. The third-order valence-corrected chi connectivity index (χ3v) is 7.77. The molecule has 1 aromatic heterocycles. The summed E-state index contributed by atoms with van der Waals surface area (Å²) in [7, 11) is 2.09. The van der Waals surface area contributed by atoms with E-state index in [0.29, 0.717) is 11.5 Å². The summed E-state index contributed by atoms with van der Waals surface area (Å²) in [4.78, 5) is 22.5. The van der Waals surface area contributed by atoms with Crippen molar-refractivity contribution >= 4 is 11.7 Å². The average molecular weight is 497 g/mol. The SMILES string of the molecule is CC1NC(=O)c2c(F)cc(-c3nc(-c4ccc([C@]56C[C@H]5CN(C)C6)cc4)c(F)nc3N)cc2C1(F)F. The van der Waals surface area contributed by atoms with Crippen molar-refractivity contribution in [3.8, 4) is 22.5 Å². The van der Waals surface area contributed by atoms with E-state index in [0.717, 1.165) is 38.6 Å². The number of carbonyl (C=O) groups is 1. The summed E-state index contributed by atoms with van der Waals surface area (Å²) in [5, 5.41) is 2.07. The number of hydrogen-bond acceptors (Lipinski definition) is 5. The lowest BCUT2D eigenvalue weighted by molar-refractivity contribution is -0.0417. The zero-order valence-electron chi connectivity index (χ0n) is 19.6. The number of carbonyl (C=O) groups excluding carboxylic acids is 1. The van der Waals surface area contributed by atoms with E-state index < -0.39 is 40.8 Å². The average Bonchev–Trinajstić information content (AvgIpc) is 3.39. The zero-order chi connectivity index (χ0) is 25.6. The van der Waals surface area contributed by atoms with Gasteiger partial charge in [-0.2, -0.15) is 18.2 Å². The quantitative estimate of drug-likeness (QED) is 0.533. The lowest BCUT2D eigenvalue weighted by atomic mass is 9.89. The van der Waals surface area contributed by atoms with Crippen molar-refractivity contribution in [1.29, 1.82) is 0 Å². The number of nitrogens with zero attached hydrogens (tertiary/aromatic N) is 3. The first-order chi connectivity index (χ1) is 17.0. The maximum atomic E-state index is 14.9. The molecule has 3 heterocycles. The second-order valence-corrected chi connectivity index (χ2v) is 10.1. The van der Waals surface area contributed by atoms with Crippen LogP contribution in [0.15, 0.2) is 36.4 Å². The van der Waals surface area contributed by atoms with Gasteiger partial charge in [0.25, 0.3) is 11.8 Å². The van der Waals surface area contributed by atoms with Gasteiger partial charge in [-0.15, -0.1) is 0 Å². The third-order valence-electron chi connectivity index (χ3n) is 7.77. The molecular weight excluding hydrogens is 474 g/mol. The largest absolute Gasteiger partial charge is 0.382 e. The van der Waals surface area contributed by atoms with Gasteiger partial charge >= 0.3 is 0 Å². The number of likely N-dealkylation sites (N-methyl/N-ethyl adjacent to an activating group) is 1. The number of benzene rings is 2. The van der Waals surface area contributed by atoms with Gasteiger partial charge in [0.05, 0.1) is 11.6 Å². The van der Waals surface area contributed by atoms with Gasteiger partial charge in [-0.05, 0) is 44.0 Å². The smallest absolute Gasteiger partial charge is 0.293 e. The Balaban J connectivity index is 1.41. The predicted octanol–water partition coefficient (Wildman–Crippen LogP) is 4.10. The lowest BCUT2D eigenvalue weighted by Gasteiger charge is -2.32. The first-order valence-corrected chi connectivity index (χ1v) is 11.7. The number of amides is 1. The van der Waals surface area contributed by atoms with E-state index in [1.165, 1.54) is 5.56 Å². The molecule has 0 bridgehead atoms. The molecule has 3 aromatic rings. The van der Waals surface area contributed by atoms with E-state index >= 15 is 0 Å². The van der Waals surface area contributed by atoms with Crippen LogP contribution in [0, 0.1) is 17.7 Å². The maximum Gasteiger partial charge on any atom is 0.293 e. The molecule has 3 aliphatic rings. The molecule has 36 heavy (non-hydrogen) atoms. The highest BCUT2D eigenvalue weighted by Crippen LogP contribution is 2.58. The summed E-state index contributed by atoms with van der Waals surface area (Å²) >= 11 is 0. The standard InChI is InChI=1S/C26H23F4N5O/c1-12-26(29,30)17-7-14(8-18(27)19(17)24(36)32-12)21-23(31)34-22(28)20(33-21)13-3-5-15(6-4-13)25-9-16(25)10-35(2)11-25/h3-8,12,16H,9-11H2,1-2H3,(H2,31,34)(H,32,36)/t12?,16-,25+/m0/s1. The fraction of sp³-hybridized carbons (Fsp3) is 0.346. The number of nitrogens with two attached hydrogens (primary N) is 1. The molecule has 1 aliphatic carbocycles. The Morgan fingerprint density at radius 2 is 1.81 bits per heavy atom. The summed E-state index contributed by atoms with van der Waals surface area (Å²) in [6.45, 7) is 3.16. The molecule has 1 unspecified atom stereocenters. The number of rotatable bonds is 3. The van der Waals surface area contributed by atoms with Crippen LogP contribution in [0.4, 0.5) is 23.4 Å². The van der Waals surface area contributed by atoms with E-state index in [1.807, 2.05) is 12.1 Å². The highest BCUT2D eigenvalue weighted by molar-refractivity contribution is 5.98. The Labute approximate surface area is 204 Å². The molecular formula is C26H23F4N5O. The monoisotopic (exact) mass is 497 g/mol. The van der Waals surface area contributed by atoms with Gasteiger partial charge in [-0.3, -0.25) is 4.79 Å².